The number of hydrogen-bond donors (Lipinski definition) is 1. The molecule has 0 aliphatic heterocycles. The zero-order chi connectivity index (χ0) is 12.6. The van der Waals surface area contributed by atoms with Crippen molar-refractivity contribution in [3.05, 3.63) is 47.5 Å². The van der Waals surface area contributed by atoms with Crippen LogP contribution in [0, 0.1) is 13.8 Å². The first-order valence-electron chi connectivity index (χ1n) is 5.79. The van der Waals surface area contributed by atoms with E-state index in [0.29, 0.717) is 0 Å². The Morgan fingerprint density at radius 2 is 1.94 bits per heavy atom. The standard InChI is InChI=1S/C14H19N3/c1-10-6-5-7-12(11(10)2)17-9-16-8-13(17)14(3,4)15/h5-9H,15H2,1-4H3. The van der Waals surface area contributed by atoms with Gasteiger partial charge in [0, 0.05) is 0 Å². The fourth-order valence-electron chi connectivity index (χ4n) is 1.96. The van der Waals surface area contributed by atoms with Gasteiger partial charge in [0.05, 0.1) is 29.4 Å². The number of aryl methyl sites for hydroxylation is 1. The molecular formula is C14H19N3. The van der Waals surface area contributed by atoms with Crippen molar-refractivity contribution in [2.45, 2.75) is 33.2 Å². The van der Waals surface area contributed by atoms with Crippen LogP contribution in [0.25, 0.3) is 5.69 Å². The monoisotopic (exact) mass is 229 g/mol. The number of imidazole rings is 1. The first kappa shape index (κ1) is 11.9. The van der Waals surface area contributed by atoms with E-state index in [1.807, 2.05) is 26.4 Å². The van der Waals surface area contributed by atoms with E-state index in [1.165, 1.54) is 11.1 Å². The smallest absolute Gasteiger partial charge is 0.0994 e. The molecular weight excluding hydrogens is 210 g/mol. The molecule has 2 N–H and O–H groups in total. The van der Waals surface area contributed by atoms with E-state index in [-0.39, 0.29) is 0 Å². The fraction of sp³-hybridized carbons (Fsp3) is 0.357. The molecule has 1 aromatic heterocycles. The predicted octanol–water partition coefficient (Wildman–Crippen LogP) is 2.68. The lowest BCUT2D eigenvalue weighted by molar-refractivity contribution is 0.524. The minimum atomic E-state index is -0.396. The maximum absolute atomic E-state index is 6.17. The predicted molar refractivity (Wildman–Crippen MR) is 70.3 cm³/mol. The van der Waals surface area contributed by atoms with Crippen molar-refractivity contribution >= 4 is 0 Å². The summed E-state index contributed by atoms with van der Waals surface area (Å²) in [5.74, 6) is 0. The van der Waals surface area contributed by atoms with E-state index < -0.39 is 5.54 Å². The summed E-state index contributed by atoms with van der Waals surface area (Å²) in [6, 6.07) is 6.27. The minimum absolute atomic E-state index is 0.396. The molecule has 0 radical (unpaired) electrons. The molecule has 0 atom stereocenters. The van der Waals surface area contributed by atoms with Crippen molar-refractivity contribution < 1.29 is 0 Å². The zero-order valence-electron chi connectivity index (χ0n) is 10.9. The van der Waals surface area contributed by atoms with E-state index in [1.54, 1.807) is 0 Å². The molecule has 0 saturated carbocycles. The van der Waals surface area contributed by atoms with Gasteiger partial charge in [-0.1, -0.05) is 12.1 Å². The van der Waals surface area contributed by atoms with Gasteiger partial charge in [-0.2, -0.15) is 0 Å². The molecule has 0 aliphatic rings. The molecule has 0 aliphatic carbocycles. The molecule has 2 rings (SSSR count). The topological polar surface area (TPSA) is 43.8 Å². The Hall–Kier alpha value is -1.61. The van der Waals surface area contributed by atoms with Gasteiger partial charge in [0.2, 0.25) is 0 Å². The molecule has 3 heteroatoms. The molecule has 1 heterocycles. The highest BCUT2D eigenvalue weighted by Crippen LogP contribution is 2.23. The maximum atomic E-state index is 6.17. The maximum Gasteiger partial charge on any atom is 0.0994 e. The summed E-state index contributed by atoms with van der Waals surface area (Å²) in [6.07, 6.45) is 3.66. The molecule has 0 amide bonds. The largest absolute Gasteiger partial charge is 0.321 e. The molecule has 0 spiro atoms. The van der Waals surface area contributed by atoms with Gasteiger partial charge < -0.3 is 10.3 Å². The number of rotatable bonds is 2. The lowest BCUT2D eigenvalue weighted by atomic mass is 10.0. The summed E-state index contributed by atoms with van der Waals surface area (Å²) in [7, 11) is 0. The highest BCUT2D eigenvalue weighted by Gasteiger charge is 2.20. The number of nitrogens with zero attached hydrogens (tertiary/aromatic N) is 2. The van der Waals surface area contributed by atoms with Gasteiger partial charge in [0.25, 0.3) is 0 Å². The first-order valence-corrected chi connectivity index (χ1v) is 5.79. The molecule has 1 aromatic carbocycles. The Kier molecular flexibility index (Phi) is 2.79. The fourth-order valence-corrected chi connectivity index (χ4v) is 1.96. The van der Waals surface area contributed by atoms with Gasteiger partial charge >= 0.3 is 0 Å². The Labute approximate surface area is 102 Å². The van der Waals surface area contributed by atoms with E-state index in [0.717, 1.165) is 11.4 Å². The molecule has 0 saturated heterocycles. The summed E-state index contributed by atoms with van der Waals surface area (Å²) >= 11 is 0. The number of aromatic nitrogens is 2. The van der Waals surface area contributed by atoms with Gasteiger partial charge in [0.1, 0.15) is 0 Å². The number of benzene rings is 1. The van der Waals surface area contributed by atoms with Crippen molar-refractivity contribution in [3.63, 3.8) is 0 Å². The lowest BCUT2D eigenvalue weighted by Gasteiger charge is -2.22. The van der Waals surface area contributed by atoms with Crippen LogP contribution in [-0.2, 0) is 5.54 Å². The summed E-state index contributed by atoms with van der Waals surface area (Å²) < 4.78 is 2.07. The summed E-state index contributed by atoms with van der Waals surface area (Å²) in [4.78, 5) is 4.22. The summed E-state index contributed by atoms with van der Waals surface area (Å²) in [6.45, 7) is 8.22. The second kappa shape index (κ2) is 4.00. The molecule has 17 heavy (non-hydrogen) atoms. The van der Waals surface area contributed by atoms with E-state index in [4.69, 9.17) is 5.73 Å². The van der Waals surface area contributed by atoms with E-state index in [2.05, 4.69) is 41.6 Å². The van der Waals surface area contributed by atoms with Gasteiger partial charge in [-0.25, -0.2) is 4.98 Å². The van der Waals surface area contributed by atoms with E-state index in [9.17, 15) is 0 Å². The van der Waals surface area contributed by atoms with Crippen LogP contribution in [0.1, 0.15) is 30.7 Å². The Bertz CT molecular complexity index is 533. The van der Waals surface area contributed by atoms with Gasteiger partial charge in [-0.05, 0) is 44.9 Å². The number of hydrogen-bond acceptors (Lipinski definition) is 2. The Morgan fingerprint density at radius 1 is 1.24 bits per heavy atom. The van der Waals surface area contributed by atoms with Crippen LogP contribution < -0.4 is 5.73 Å². The van der Waals surface area contributed by atoms with Crippen LogP contribution >= 0.6 is 0 Å². The van der Waals surface area contributed by atoms with Crippen molar-refractivity contribution in [2.75, 3.05) is 0 Å². The van der Waals surface area contributed by atoms with Gasteiger partial charge in [0.15, 0.2) is 0 Å². The molecule has 2 aromatic rings. The molecule has 0 fully saturated rings. The lowest BCUT2D eigenvalue weighted by Crippen LogP contribution is -2.31. The van der Waals surface area contributed by atoms with Crippen LogP contribution in [0.5, 0.6) is 0 Å². The van der Waals surface area contributed by atoms with E-state index >= 15 is 0 Å². The average molecular weight is 229 g/mol. The average Bonchev–Trinajstić information content (AvgIpc) is 2.70. The third-order valence-electron chi connectivity index (χ3n) is 3.13. The first-order chi connectivity index (χ1) is 7.91. The number of nitrogens with two attached hydrogens (primary N) is 1. The highest BCUT2D eigenvalue weighted by atomic mass is 15.1. The molecule has 0 bridgehead atoms. The van der Waals surface area contributed by atoms with Crippen LogP contribution in [0.3, 0.4) is 0 Å². The normalized spacial score (nSPS) is 11.8. The van der Waals surface area contributed by atoms with Crippen LogP contribution in [0.2, 0.25) is 0 Å². The second-order valence-corrected chi connectivity index (χ2v) is 5.09. The third-order valence-corrected chi connectivity index (χ3v) is 3.13. The molecule has 3 nitrogen and oxygen atoms in total. The Morgan fingerprint density at radius 3 is 2.59 bits per heavy atom. The zero-order valence-corrected chi connectivity index (χ0v) is 10.9. The second-order valence-electron chi connectivity index (χ2n) is 5.09. The summed E-state index contributed by atoms with van der Waals surface area (Å²) in [5, 5.41) is 0. The third kappa shape index (κ3) is 2.11. The van der Waals surface area contributed by atoms with Crippen molar-refractivity contribution in [1.29, 1.82) is 0 Å². The molecule has 0 unspecified atom stereocenters. The van der Waals surface area contributed by atoms with Crippen molar-refractivity contribution in [2.24, 2.45) is 5.73 Å². The van der Waals surface area contributed by atoms with Crippen LogP contribution in [-0.4, -0.2) is 9.55 Å². The van der Waals surface area contributed by atoms with Crippen LogP contribution in [0.4, 0.5) is 0 Å². The highest BCUT2D eigenvalue weighted by molar-refractivity contribution is 5.46. The summed E-state index contributed by atoms with van der Waals surface area (Å²) in [5.41, 5.74) is 10.5. The van der Waals surface area contributed by atoms with Crippen molar-refractivity contribution in [3.8, 4) is 5.69 Å². The van der Waals surface area contributed by atoms with Gasteiger partial charge in [-0.3, -0.25) is 0 Å². The van der Waals surface area contributed by atoms with Crippen molar-refractivity contribution in [1.82, 2.24) is 9.55 Å². The Balaban J connectivity index is 2.62. The molecule has 90 valence electrons. The quantitative estimate of drug-likeness (QED) is 0.860. The SMILES string of the molecule is Cc1cccc(-n2cncc2C(C)(C)N)c1C. The van der Waals surface area contributed by atoms with Gasteiger partial charge in [-0.15, -0.1) is 0 Å². The minimum Gasteiger partial charge on any atom is -0.321 e. The van der Waals surface area contributed by atoms with Crippen LogP contribution in [0.15, 0.2) is 30.7 Å².